The van der Waals surface area contributed by atoms with Crippen molar-refractivity contribution in [3.63, 3.8) is 0 Å². The van der Waals surface area contributed by atoms with E-state index >= 15 is 0 Å². The second-order valence-corrected chi connectivity index (χ2v) is 5.75. The van der Waals surface area contributed by atoms with Gasteiger partial charge in [0.25, 0.3) is 0 Å². The first-order valence-corrected chi connectivity index (χ1v) is 6.90. The Bertz CT molecular complexity index is 680. The fraction of sp³-hybridized carbons (Fsp3) is 0.500. The zero-order valence-electron chi connectivity index (χ0n) is 10.7. The smallest absolute Gasteiger partial charge is 0.408 e. The molecule has 2 aliphatic carbocycles. The number of fused-ring (bicyclic) bond motifs is 1. The quantitative estimate of drug-likeness (QED) is 0.824. The lowest BCUT2D eigenvalue weighted by molar-refractivity contribution is 0.555. The Kier molecular flexibility index (Phi) is 2.19. The molecule has 0 atom stereocenters. The fourth-order valence-electron chi connectivity index (χ4n) is 2.66. The van der Waals surface area contributed by atoms with Crippen LogP contribution in [-0.2, 0) is 0 Å². The van der Waals surface area contributed by atoms with Crippen molar-refractivity contribution in [1.29, 1.82) is 0 Å². The Morgan fingerprint density at radius 1 is 1.32 bits per heavy atom. The molecule has 0 bridgehead atoms. The lowest BCUT2D eigenvalue weighted by Crippen LogP contribution is -2.28. The van der Waals surface area contributed by atoms with E-state index in [4.69, 9.17) is 10.2 Å². The number of nitrogens with one attached hydrogen (secondary N) is 1. The number of nitrogens with zero attached hydrogens (tertiary/aromatic N) is 1. The topological polar surface area (TPSA) is 75.3 Å². The predicted octanol–water partition coefficient (Wildman–Crippen LogP) is 2.08. The highest BCUT2D eigenvalue weighted by molar-refractivity contribution is 5.86. The molecule has 0 saturated heterocycles. The van der Waals surface area contributed by atoms with Crippen molar-refractivity contribution in [3.05, 3.63) is 22.7 Å². The summed E-state index contributed by atoms with van der Waals surface area (Å²) < 4.78 is 5.04. The first-order chi connectivity index (χ1) is 9.20. The van der Waals surface area contributed by atoms with Crippen LogP contribution in [0.3, 0.4) is 0 Å². The molecular weight excluding hydrogens is 242 g/mol. The van der Waals surface area contributed by atoms with Gasteiger partial charge in [-0.25, -0.2) is 4.79 Å². The molecular formula is C14H17N3O2. The summed E-state index contributed by atoms with van der Waals surface area (Å²) in [6.45, 7) is 1.09. The number of oxazole rings is 1. The number of benzene rings is 1. The van der Waals surface area contributed by atoms with Crippen LogP contribution in [0.4, 0.5) is 11.4 Å². The number of aromatic nitrogens is 1. The predicted molar refractivity (Wildman–Crippen MR) is 74.3 cm³/mol. The van der Waals surface area contributed by atoms with Crippen LogP contribution in [0.1, 0.15) is 25.7 Å². The van der Waals surface area contributed by atoms with Crippen LogP contribution in [0.25, 0.3) is 11.1 Å². The van der Waals surface area contributed by atoms with Crippen LogP contribution < -0.4 is 16.4 Å². The largest absolute Gasteiger partial charge is 0.417 e. The number of nitrogen functional groups attached to an aromatic ring is 1. The van der Waals surface area contributed by atoms with E-state index in [2.05, 4.69) is 9.88 Å². The van der Waals surface area contributed by atoms with E-state index in [1.54, 1.807) is 6.07 Å². The molecule has 4 rings (SSSR count). The van der Waals surface area contributed by atoms with Crippen molar-refractivity contribution >= 4 is 22.5 Å². The van der Waals surface area contributed by atoms with Crippen LogP contribution in [0, 0.1) is 5.92 Å². The molecule has 0 unspecified atom stereocenters. The van der Waals surface area contributed by atoms with Crippen LogP contribution in [0.2, 0.25) is 0 Å². The molecule has 0 radical (unpaired) electrons. The first-order valence-electron chi connectivity index (χ1n) is 6.90. The van der Waals surface area contributed by atoms with E-state index in [1.807, 2.05) is 6.07 Å². The van der Waals surface area contributed by atoms with E-state index in [0.29, 0.717) is 17.3 Å². The van der Waals surface area contributed by atoms with Gasteiger partial charge in [0.05, 0.1) is 16.9 Å². The molecule has 1 aromatic carbocycles. The van der Waals surface area contributed by atoms with Gasteiger partial charge in [-0.15, -0.1) is 0 Å². The molecule has 5 nitrogen and oxygen atoms in total. The third kappa shape index (κ3) is 1.99. The average Bonchev–Trinajstić information content (AvgIpc) is 3.22. The van der Waals surface area contributed by atoms with Gasteiger partial charge in [-0.3, -0.25) is 4.98 Å². The molecule has 0 amide bonds. The lowest BCUT2D eigenvalue weighted by atomic mass is 10.2. The molecule has 2 aromatic rings. The minimum Gasteiger partial charge on any atom is -0.408 e. The maximum atomic E-state index is 11.2. The number of hydrogen-bond donors (Lipinski definition) is 2. The summed E-state index contributed by atoms with van der Waals surface area (Å²) in [7, 11) is 0. The van der Waals surface area contributed by atoms with Gasteiger partial charge in [0.2, 0.25) is 0 Å². The number of nitrogens with two attached hydrogens (primary N) is 1. The number of rotatable bonds is 4. The molecule has 3 N–H and O–H groups in total. The molecule has 2 fully saturated rings. The zero-order valence-corrected chi connectivity index (χ0v) is 10.7. The monoisotopic (exact) mass is 259 g/mol. The molecule has 19 heavy (non-hydrogen) atoms. The second kappa shape index (κ2) is 3.79. The third-order valence-electron chi connectivity index (χ3n) is 4.02. The second-order valence-electron chi connectivity index (χ2n) is 5.75. The number of aromatic amines is 1. The molecule has 5 heteroatoms. The summed E-state index contributed by atoms with van der Waals surface area (Å²) in [5, 5.41) is 0. The van der Waals surface area contributed by atoms with Gasteiger partial charge in [0.15, 0.2) is 5.58 Å². The Hall–Kier alpha value is -1.91. The van der Waals surface area contributed by atoms with Crippen molar-refractivity contribution in [2.75, 3.05) is 17.2 Å². The number of hydrogen-bond acceptors (Lipinski definition) is 4. The molecule has 1 aromatic heterocycles. The van der Waals surface area contributed by atoms with Crippen molar-refractivity contribution in [1.82, 2.24) is 4.98 Å². The molecule has 2 aliphatic rings. The zero-order chi connectivity index (χ0) is 13.0. The summed E-state index contributed by atoms with van der Waals surface area (Å²) >= 11 is 0. The average molecular weight is 259 g/mol. The minimum atomic E-state index is -0.424. The van der Waals surface area contributed by atoms with Gasteiger partial charge in [-0.2, -0.15) is 0 Å². The van der Waals surface area contributed by atoms with E-state index in [9.17, 15) is 4.79 Å². The standard InChI is InChI=1S/C14H17N3O2/c15-10-5-13-11(16-14(18)19-13)6-12(10)17(9-3-4-9)7-8-1-2-8/h5-6,8-9H,1-4,7,15H2,(H,16,18). The van der Waals surface area contributed by atoms with Gasteiger partial charge in [0, 0.05) is 18.7 Å². The number of anilines is 2. The Morgan fingerprint density at radius 2 is 2.11 bits per heavy atom. The Labute approximate surface area is 110 Å². The highest BCUT2D eigenvalue weighted by atomic mass is 16.4. The SMILES string of the molecule is Nc1cc2oc(=O)[nH]c2cc1N(CC1CC1)C1CC1. The van der Waals surface area contributed by atoms with Gasteiger partial charge in [0.1, 0.15) is 0 Å². The van der Waals surface area contributed by atoms with Gasteiger partial charge in [-0.1, -0.05) is 0 Å². The van der Waals surface area contributed by atoms with Crippen LogP contribution >= 0.6 is 0 Å². The van der Waals surface area contributed by atoms with Crippen molar-refractivity contribution in [3.8, 4) is 0 Å². The molecule has 100 valence electrons. The van der Waals surface area contributed by atoms with Crippen LogP contribution in [-0.4, -0.2) is 17.6 Å². The minimum absolute atomic E-state index is 0.424. The summed E-state index contributed by atoms with van der Waals surface area (Å²) in [5.41, 5.74) is 9.15. The third-order valence-corrected chi connectivity index (χ3v) is 4.02. The molecule has 2 saturated carbocycles. The molecule has 1 heterocycles. The summed E-state index contributed by atoms with van der Waals surface area (Å²) in [4.78, 5) is 16.4. The highest BCUT2D eigenvalue weighted by Crippen LogP contribution is 2.40. The summed E-state index contributed by atoms with van der Waals surface area (Å²) in [5.74, 6) is 0.394. The highest BCUT2D eigenvalue weighted by Gasteiger charge is 2.34. The Morgan fingerprint density at radius 3 is 2.79 bits per heavy atom. The van der Waals surface area contributed by atoms with Crippen LogP contribution in [0.15, 0.2) is 21.3 Å². The number of H-pyrrole nitrogens is 1. The maximum Gasteiger partial charge on any atom is 0.417 e. The van der Waals surface area contributed by atoms with E-state index in [-0.39, 0.29) is 0 Å². The van der Waals surface area contributed by atoms with Gasteiger partial charge < -0.3 is 15.1 Å². The lowest BCUT2D eigenvalue weighted by Gasteiger charge is -2.26. The maximum absolute atomic E-state index is 11.2. The van der Waals surface area contributed by atoms with Crippen molar-refractivity contribution in [2.24, 2.45) is 5.92 Å². The Balaban J connectivity index is 1.77. The molecule has 0 aliphatic heterocycles. The van der Waals surface area contributed by atoms with E-state index < -0.39 is 5.76 Å². The van der Waals surface area contributed by atoms with Crippen LogP contribution in [0.5, 0.6) is 0 Å². The van der Waals surface area contributed by atoms with E-state index in [1.165, 1.54) is 25.7 Å². The van der Waals surface area contributed by atoms with E-state index in [0.717, 1.165) is 23.7 Å². The fourth-order valence-corrected chi connectivity index (χ4v) is 2.66. The van der Waals surface area contributed by atoms with Gasteiger partial charge in [-0.05, 0) is 37.7 Å². The summed E-state index contributed by atoms with van der Waals surface area (Å²) in [6.07, 6.45) is 5.14. The van der Waals surface area contributed by atoms with Gasteiger partial charge >= 0.3 is 5.76 Å². The van der Waals surface area contributed by atoms with Crippen molar-refractivity contribution in [2.45, 2.75) is 31.7 Å². The summed E-state index contributed by atoms with van der Waals surface area (Å²) in [6, 6.07) is 4.33. The first kappa shape index (κ1) is 11.0. The normalized spacial score (nSPS) is 18.9. The van der Waals surface area contributed by atoms with Crippen molar-refractivity contribution < 1.29 is 4.42 Å². The molecule has 0 spiro atoms.